The largest absolute Gasteiger partial charge is 0.508 e. The van der Waals surface area contributed by atoms with Crippen molar-refractivity contribution >= 4 is 11.9 Å². The number of carbonyl (C=O) groups excluding carboxylic acids is 2. The van der Waals surface area contributed by atoms with Crippen LogP contribution in [0, 0.1) is 17.8 Å². The summed E-state index contributed by atoms with van der Waals surface area (Å²) in [7, 11) is 0. The number of hydrogen-bond acceptors (Lipinski definition) is 4. The molecule has 0 aromatic heterocycles. The number of ether oxygens (including phenoxy) is 2. The molecule has 2 fully saturated rings. The quantitative estimate of drug-likeness (QED) is 0.452. The van der Waals surface area contributed by atoms with Crippen molar-refractivity contribution in [3.8, 4) is 0 Å². The van der Waals surface area contributed by atoms with Crippen LogP contribution in [0.5, 0.6) is 0 Å². The van der Waals surface area contributed by atoms with Gasteiger partial charge in [0.15, 0.2) is 12.4 Å². The molecule has 25 heavy (non-hydrogen) atoms. The SMILES string of the molecule is C=C(C)C(=O)COC(=O)OC1CCC(C2CCC(CCC)CC2)CC1. The van der Waals surface area contributed by atoms with Gasteiger partial charge in [0.05, 0.1) is 0 Å². The van der Waals surface area contributed by atoms with Gasteiger partial charge in [0.25, 0.3) is 0 Å². The van der Waals surface area contributed by atoms with Crippen LogP contribution in [0.15, 0.2) is 12.2 Å². The maximum Gasteiger partial charge on any atom is 0.508 e. The highest BCUT2D eigenvalue weighted by atomic mass is 16.7. The Labute approximate surface area is 152 Å². The van der Waals surface area contributed by atoms with E-state index in [2.05, 4.69) is 13.5 Å². The van der Waals surface area contributed by atoms with Crippen LogP contribution in [-0.4, -0.2) is 24.6 Å². The van der Waals surface area contributed by atoms with E-state index in [-0.39, 0.29) is 18.5 Å². The highest BCUT2D eigenvalue weighted by molar-refractivity contribution is 5.95. The monoisotopic (exact) mass is 350 g/mol. The van der Waals surface area contributed by atoms with Crippen LogP contribution in [0.1, 0.15) is 78.1 Å². The molecule has 4 nitrogen and oxygen atoms in total. The zero-order chi connectivity index (χ0) is 18.2. The fraction of sp³-hybridized carbons (Fsp3) is 0.810. The average Bonchev–Trinajstić information content (AvgIpc) is 2.61. The molecular weight excluding hydrogens is 316 g/mol. The number of hydrogen-bond donors (Lipinski definition) is 0. The van der Waals surface area contributed by atoms with E-state index in [1.54, 1.807) is 6.92 Å². The molecule has 0 atom stereocenters. The van der Waals surface area contributed by atoms with E-state index in [0.717, 1.165) is 43.4 Å². The molecule has 0 aromatic carbocycles. The summed E-state index contributed by atoms with van der Waals surface area (Å²) in [4.78, 5) is 23.1. The molecule has 0 aliphatic heterocycles. The maximum absolute atomic E-state index is 11.7. The molecule has 0 heterocycles. The Morgan fingerprint density at radius 3 is 2.04 bits per heavy atom. The third kappa shape index (κ3) is 6.48. The van der Waals surface area contributed by atoms with Crippen LogP contribution in [0.3, 0.4) is 0 Å². The van der Waals surface area contributed by atoms with Gasteiger partial charge in [-0.3, -0.25) is 4.79 Å². The van der Waals surface area contributed by atoms with Gasteiger partial charge >= 0.3 is 6.16 Å². The summed E-state index contributed by atoms with van der Waals surface area (Å²) in [5.41, 5.74) is 0.391. The smallest absolute Gasteiger partial charge is 0.431 e. The number of rotatable bonds is 7. The molecule has 0 N–H and O–H groups in total. The van der Waals surface area contributed by atoms with Gasteiger partial charge in [-0.1, -0.05) is 39.2 Å². The fourth-order valence-corrected chi connectivity index (χ4v) is 4.45. The van der Waals surface area contributed by atoms with Gasteiger partial charge in [-0.05, 0) is 68.8 Å². The first-order valence-corrected chi connectivity index (χ1v) is 10.0. The zero-order valence-corrected chi connectivity index (χ0v) is 15.9. The molecule has 4 heteroatoms. The van der Waals surface area contributed by atoms with Gasteiger partial charge in [0.2, 0.25) is 0 Å². The molecule has 0 radical (unpaired) electrons. The van der Waals surface area contributed by atoms with Gasteiger partial charge in [0, 0.05) is 0 Å². The summed E-state index contributed by atoms with van der Waals surface area (Å²) < 4.78 is 10.2. The highest BCUT2D eigenvalue weighted by Gasteiger charge is 2.32. The normalized spacial score (nSPS) is 29.7. The summed E-state index contributed by atoms with van der Waals surface area (Å²) in [6.07, 6.45) is 11.6. The van der Waals surface area contributed by atoms with Crippen LogP contribution >= 0.6 is 0 Å². The first-order chi connectivity index (χ1) is 12.0. The topological polar surface area (TPSA) is 52.6 Å². The van der Waals surface area contributed by atoms with Gasteiger partial charge in [-0.2, -0.15) is 0 Å². The third-order valence-corrected chi connectivity index (χ3v) is 6.03. The maximum atomic E-state index is 11.7. The second kappa shape index (κ2) is 9.98. The summed E-state index contributed by atoms with van der Waals surface area (Å²) in [5.74, 6) is 2.36. The summed E-state index contributed by atoms with van der Waals surface area (Å²) in [6.45, 7) is 7.15. The molecule has 0 aromatic rings. The van der Waals surface area contributed by atoms with E-state index in [9.17, 15) is 9.59 Å². The van der Waals surface area contributed by atoms with Crippen molar-refractivity contribution in [1.82, 2.24) is 0 Å². The van der Waals surface area contributed by atoms with Crippen molar-refractivity contribution in [1.29, 1.82) is 0 Å². The van der Waals surface area contributed by atoms with Crippen molar-refractivity contribution in [3.63, 3.8) is 0 Å². The Hall–Kier alpha value is -1.32. The van der Waals surface area contributed by atoms with Crippen molar-refractivity contribution in [2.75, 3.05) is 6.61 Å². The second-order valence-corrected chi connectivity index (χ2v) is 7.97. The first kappa shape index (κ1) is 20.0. The average molecular weight is 350 g/mol. The van der Waals surface area contributed by atoms with Crippen LogP contribution in [0.2, 0.25) is 0 Å². The lowest BCUT2D eigenvalue weighted by Crippen LogP contribution is -2.30. The molecule has 0 bridgehead atoms. The van der Waals surface area contributed by atoms with Crippen molar-refractivity contribution in [2.24, 2.45) is 17.8 Å². The van der Waals surface area contributed by atoms with Crippen molar-refractivity contribution < 1.29 is 19.1 Å². The predicted octanol–water partition coefficient (Wildman–Crippen LogP) is 5.45. The second-order valence-electron chi connectivity index (χ2n) is 7.97. The van der Waals surface area contributed by atoms with Crippen LogP contribution in [0.4, 0.5) is 4.79 Å². The lowest BCUT2D eigenvalue weighted by molar-refractivity contribution is -0.119. The van der Waals surface area contributed by atoms with Gasteiger partial charge in [-0.25, -0.2) is 4.79 Å². The van der Waals surface area contributed by atoms with E-state index < -0.39 is 6.16 Å². The molecule has 2 rings (SSSR count). The Morgan fingerprint density at radius 1 is 0.960 bits per heavy atom. The number of Topliss-reactive ketones (excluding diaryl/α,β-unsaturated/α-hetero) is 1. The minimum Gasteiger partial charge on any atom is -0.431 e. The summed E-state index contributed by atoms with van der Waals surface area (Å²) in [5, 5.41) is 0. The summed E-state index contributed by atoms with van der Waals surface area (Å²) in [6, 6.07) is 0. The number of ketones is 1. The van der Waals surface area contributed by atoms with E-state index in [1.165, 1.54) is 38.5 Å². The lowest BCUT2D eigenvalue weighted by atomic mass is 9.70. The lowest BCUT2D eigenvalue weighted by Gasteiger charge is -2.37. The summed E-state index contributed by atoms with van der Waals surface area (Å²) >= 11 is 0. The third-order valence-electron chi connectivity index (χ3n) is 6.03. The van der Waals surface area contributed by atoms with E-state index in [0.29, 0.717) is 5.57 Å². The molecule has 0 saturated heterocycles. The Kier molecular flexibility index (Phi) is 7.98. The molecule has 0 spiro atoms. The molecule has 2 saturated carbocycles. The highest BCUT2D eigenvalue weighted by Crippen LogP contribution is 2.41. The van der Waals surface area contributed by atoms with E-state index in [4.69, 9.17) is 9.47 Å². The van der Waals surface area contributed by atoms with E-state index >= 15 is 0 Å². The Balaban J connectivity index is 1.64. The molecular formula is C21H34O4. The Morgan fingerprint density at radius 2 is 1.52 bits per heavy atom. The van der Waals surface area contributed by atoms with Crippen LogP contribution < -0.4 is 0 Å². The standard InChI is InChI=1S/C21H34O4/c1-4-5-16-6-8-17(9-7-16)18-10-12-19(13-11-18)25-21(23)24-14-20(22)15(2)3/h16-19H,2,4-14H2,1,3H3. The fourth-order valence-electron chi connectivity index (χ4n) is 4.45. The Bertz CT molecular complexity index is 455. The number of carbonyl (C=O) groups is 2. The first-order valence-electron chi connectivity index (χ1n) is 10.0. The molecule has 2 aliphatic rings. The van der Waals surface area contributed by atoms with Crippen molar-refractivity contribution in [3.05, 3.63) is 12.2 Å². The van der Waals surface area contributed by atoms with Crippen molar-refractivity contribution in [2.45, 2.75) is 84.2 Å². The molecule has 0 unspecified atom stereocenters. The van der Waals surface area contributed by atoms with Gasteiger partial charge in [-0.15, -0.1) is 0 Å². The molecule has 0 amide bonds. The predicted molar refractivity (Wildman–Crippen MR) is 98.4 cm³/mol. The zero-order valence-electron chi connectivity index (χ0n) is 15.9. The minimum atomic E-state index is -0.724. The molecule has 142 valence electrons. The van der Waals surface area contributed by atoms with Crippen LogP contribution in [-0.2, 0) is 14.3 Å². The molecule has 2 aliphatic carbocycles. The van der Waals surface area contributed by atoms with Gasteiger partial charge in [0.1, 0.15) is 6.10 Å². The van der Waals surface area contributed by atoms with Gasteiger partial charge < -0.3 is 9.47 Å². The minimum absolute atomic E-state index is 0.0555. The van der Waals surface area contributed by atoms with Crippen LogP contribution in [0.25, 0.3) is 0 Å². The van der Waals surface area contributed by atoms with E-state index in [1.807, 2.05) is 0 Å².